The minimum absolute atomic E-state index is 0.315. The standard InChI is InChI=1S/C12H14N2O4S/c1-8-3-4-11(18-8)9(2)14-19(16,17)12-7-13-6-5-10(12)15/h3-7,9,14H,1-2H3,(H,13,15). The zero-order chi connectivity index (χ0) is 14.0. The molecule has 0 spiro atoms. The van der Waals surface area contributed by atoms with Gasteiger partial charge in [0.05, 0.1) is 6.04 Å². The second kappa shape index (κ2) is 5.02. The summed E-state index contributed by atoms with van der Waals surface area (Å²) in [5.41, 5.74) is -0.561. The highest BCUT2D eigenvalue weighted by Gasteiger charge is 2.22. The van der Waals surface area contributed by atoms with E-state index in [0.717, 1.165) is 12.3 Å². The predicted molar refractivity (Wildman–Crippen MR) is 69.2 cm³/mol. The van der Waals surface area contributed by atoms with Gasteiger partial charge < -0.3 is 9.40 Å². The summed E-state index contributed by atoms with van der Waals surface area (Å²) in [6.07, 6.45) is 2.53. The summed E-state index contributed by atoms with van der Waals surface area (Å²) in [6.45, 7) is 3.42. The highest BCUT2D eigenvalue weighted by molar-refractivity contribution is 7.89. The van der Waals surface area contributed by atoms with Crippen molar-refractivity contribution in [2.24, 2.45) is 0 Å². The topological polar surface area (TPSA) is 92.2 Å². The van der Waals surface area contributed by atoms with Crippen LogP contribution in [0.3, 0.4) is 0 Å². The van der Waals surface area contributed by atoms with Crippen LogP contribution >= 0.6 is 0 Å². The van der Waals surface area contributed by atoms with Gasteiger partial charge in [0, 0.05) is 18.5 Å². The molecule has 0 aliphatic heterocycles. The number of aromatic nitrogens is 1. The average molecular weight is 282 g/mol. The molecule has 0 radical (unpaired) electrons. The molecule has 2 rings (SSSR count). The molecule has 6 nitrogen and oxygen atoms in total. The van der Waals surface area contributed by atoms with Gasteiger partial charge in [0.15, 0.2) is 0 Å². The first-order valence-electron chi connectivity index (χ1n) is 5.66. The molecule has 0 aliphatic rings. The van der Waals surface area contributed by atoms with Gasteiger partial charge in [0.2, 0.25) is 15.5 Å². The minimum Gasteiger partial charge on any atom is -0.465 e. The molecule has 0 saturated carbocycles. The number of nitrogens with one attached hydrogen (secondary N) is 2. The van der Waals surface area contributed by atoms with Crippen LogP contribution in [0.5, 0.6) is 0 Å². The maximum absolute atomic E-state index is 12.1. The number of H-pyrrole nitrogens is 1. The van der Waals surface area contributed by atoms with Crippen LogP contribution in [0.1, 0.15) is 24.5 Å². The number of aryl methyl sites for hydroxylation is 1. The lowest BCUT2D eigenvalue weighted by Crippen LogP contribution is -2.30. The van der Waals surface area contributed by atoms with Crippen molar-refractivity contribution in [3.63, 3.8) is 0 Å². The Morgan fingerprint density at radius 1 is 1.32 bits per heavy atom. The first-order valence-corrected chi connectivity index (χ1v) is 7.14. The van der Waals surface area contributed by atoms with Crippen molar-refractivity contribution in [2.75, 3.05) is 0 Å². The predicted octanol–water partition coefficient (Wildman–Crippen LogP) is 1.32. The van der Waals surface area contributed by atoms with Crippen molar-refractivity contribution >= 4 is 10.0 Å². The lowest BCUT2D eigenvalue weighted by Gasteiger charge is -2.11. The van der Waals surface area contributed by atoms with E-state index in [4.69, 9.17) is 4.42 Å². The Labute approximate surface area is 110 Å². The maximum atomic E-state index is 12.1. The Morgan fingerprint density at radius 2 is 2.05 bits per heavy atom. The summed E-state index contributed by atoms with van der Waals surface area (Å²) < 4.78 is 31.9. The Balaban J connectivity index is 2.28. The smallest absolute Gasteiger partial charge is 0.246 e. The largest absolute Gasteiger partial charge is 0.465 e. The first kappa shape index (κ1) is 13.6. The molecule has 102 valence electrons. The quantitative estimate of drug-likeness (QED) is 0.884. The van der Waals surface area contributed by atoms with Crippen molar-refractivity contribution < 1.29 is 12.8 Å². The number of pyridine rings is 1. The van der Waals surface area contributed by atoms with Gasteiger partial charge in [-0.1, -0.05) is 0 Å². The Bertz CT molecular complexity index is 730. The van der Waals surface area contributed by atoms with Crippen molar-refractivity contribution in [1.82, 2.24) is 9.71 Å². The third kappa shape index (κ3) is 2.94. The van der Waals surface area contributed by atoms with E-state index in [9.17, 15) is 13.2 Å². The molecule has 7 heteroatoms. The van der Waals surface area contributed by atoms with Crippen LogP contribution in [-0.2, 0) is 10.0 Å². The number of hydrogen-bond acceptors (Lipinski definition) is 4. The van der Waals surface area contributed by atoms with Crippen LogP contribution < -0.4 is 10.2 Å². The Morgan fingerprint density at radius 3 is 2.63 bits per heavy atom. The highest BCUT2D eigenvalue weighted by Crippen LogP contribution is 2.17. The van der Waals surface area contributed by atoms with Crippen LogP contribution in [0.4, 0.5) is 0 Å². The fourth-order valence-electron chi connectivity index (χ4n) is 1.65. The third-order valence-electron chi connectivity index (χ3n) is 2.60. The minimum atomic E-state index is -3.88. The molecule has 2 aromatic rings. The molecule has 2 N–H and O–H groups in total. The van der Waals surface area contributed by atoms with Crippen molar-refractivity contribution in [1.29, 1.82) is 0 Å². The van der Waals surface area contributed by atoms with E-state index >= 15 is 0 Å². The molecular weight excluding hydrogens is 268 g/mol. The summed E-state index contributed by atoms with van der Waals surface area (Å²) in [6, 6.07) is 4.04. The fourth-order valence-corrected chi connectivity index (χ4v) is 2.92. The van der Waals surface area contributed by atoms with Crippen molar-refractivity contribution in [2.45, 2.75) is 24.8 Å². The molecule has 0 amide bonds. The van der Waals surface area contributed by atoms with Crippen LogP contribution in [-0.4, -0.2) is 13.4 Å². The van der Waals surface area contributed by atoms with Crippen LogP contribution in [0.2, 0.25) is 0 Å². The number of sulfonamides is 1. The molecule has 2 aromatic heterocycles. The SMILES string of the molecule is Cc1ccc(C(C)NS(=O)(=O)c2c[nH]ccc2=O)o1. The van der Waals surface area contributed by atoms with Gasteiger partial charge >= 0.3 is 0 Å². The zero-order valence-electron chi connectivity index (χ0n) is 10.5. The van der Waals surface area contributed by atoms with Gasteiger partial charge in [0.25, 0.3) is 0 Å². The number of furan rings is 1. The van der Waals surface area contributed by atoms with Crippen molar-refractivity contribution in [3.05, 3.63) is 52.3 Å². The highest BCUT2D eigenvalue weighted by atomic mass is 32.2. The maximum Gasteiger partial charge on any atom is 0.246 e. The molecule has 0 saturated heterocycles. The number of hydrogen-bond donors (Lipinski definition) is 2. The first-order chi connectivity index (χ1) is 8.90. The lowest BCUT2D eigenvalue weighted by molar-refractivity contribution is 0.441. The second-order valence-corrected chi connectivity index (χ2v) is 5.85. The summed E-state index contributed by atoms with van der Waals surface area (Å²) in [5.74, 6) is 1.19. The van der Waals surface area contributed by atoms with E-state index in [1.165, 1.54) is 6.20 Å². The monoisotopic (exact) mass is 282 g/mol. The summed E-state index contributed by atoms with van der Waals surface area (Å²) >= 11 is 0. The summed E-state index contributed by atoms with van der Waals surface area (Å²) in [5, 5.41) is 0. The molecule has 1 atom stereocenters. The van der Waals surface area contributed by atoms with Gasteiger partial charge in [-0.3, -0.25) is 4.79 Å². The van der Waals surface area contributed by atoms with Crippen molar-refractivity contribution in [3.8, 4) is 0 Å². The molecule has 19 heavy (non-hydrogen) atoms. The molecule has 2 heterocycles. The Kier molecular flexibility index (Phi) is 3.59. The Hall–Kier alpha value is -1.86. The third-order valence-corrected chi connectivity index (χ3v) is 4.16. The van der Waals surface area contributed by atoms with Gasteiger partial charge in [-0.05, 0) is 26.0 Å². The van der Waals surface area contributed by atoms with Gasteiger partial charge in [-0.15, -0.1) is 0 Å². The van der Waals surface area contributed by atoms with Gasteiger partial charge in [-0.25, -0.2) is 13.1 Å². The van der Waals surface area contributed by atoms with Crippen LogP contribution in [0, 0.1) is 6.92 Å². The molecule has 1 unspecified atom stereocenters. The summed E-state index contributed by atoms with van der Waals surface area (Å²) in [4.78, 5) is 13.8. The molecule has 0 bridgehead atoms. The zero-order valence-corrected chi connectivity index (χ0v) is 11.3. The molecule has 0 fully saturated rings. The molecular formula is C12H14N2O4S. The van der Waals surface area contributed by atoms with Crippen LogP contribution in [0.15, 0.2) is 44.7 Å². The number of rotatable bonds is 4. The molecule has 0 aromatic carbocycles. The lowest BCUT2D eigenvalue weighted by atomic mass is 10.3. The van der Waals surface area contributed by atoms with E-state index in [0.29, 0.717) is 11.5 Å². The van der Waals surface area contributed by atoms with Gasteiger partial charge in [-0.2, -0.15) is 0 Å². The van der Waals surface area contributed by atoms with E-state index in [-0.39, 0.29) is 4.90 Å². The summed E-state index contributed by atoms with van der Waals surface area (Å²) in [7, 11) is -3.88. The second-order valence-electron chi connectivity index (χ2n) is 4.16. The van der Waals surface area contributed by atoms with E-state index in [2.05, 4.69) is 9.71 Å². The van der Waals surface area contributed by atoms with E-state index in [1.54, 1.807) is 26.0 Å². The van der Waals surface area contributed by atoms with Crippen LogP contribution in [0.25, 0.3) is 0 Å². The average Bonchev–Trinajstić information content (AvgIpc) is 2.76. The number of aromatic amines is 1. The van der Waals surface area contributed by atoms with E-state index in [1.807, 2.05) is 0 Å². The van der Waals surface area contributed by atoms with E-state index < -0.39 is 21.5 Å². The normalized spacial score (nSPS) is 13.4. The van der Waals surface area contributed by atoms with Gasteiger partial charge in [0.1, 0.15) is 16.4 Å². The fraction of sp³-hybridized carbons (Fsp3) is 0.250. The molecule has 0 aliphatic carbocycles.